The molecule has 0 unspecified atom stereocenters. The fourth-order valence-corrected chi connectivity index (χ4v) is 10.9. The zero-order chi connectivity index (χ0) is 46.7. The molecule has 8 rings (SSSR count). The van der Waals surface area contributed by atoms with Crippen molar-refractivity contribution >= 4 is 97.2 Å². The highest BCUT2D eigenvalue weighted by Crippen LogP contribution is 2.50. The summed E-state index contributed by atoms with van der Waals surface area (Å²) >= 11 is 0. The first kappa shape index (κ1) is 59.3. The minimum absolute atomic E-state index is 0. The van der Waals surface area contributed by atoms with Crippen molar-refractivity contribution in [1.82, 2.24) is 0 Å². The molecule has 0 saturated carbocycles. The van der Waals surface area contributed by atoms with Crippen LogP contribution in [0.15, 0.2) is 146 Å². The first-order valence-corrected chi connectivity index (χ1v) is 23.5. The Kier molecular flexibility index (Phi) is 30.6. The van der Waals surface area contributed by atoms with Gasteiger partial charge in [0.15, 0.2) is 28.6 Å². The summed E-state index contributed by atoms with van der Waals surface area (Å²) in [7, 11) is -0.747. The van der Waals surface area contributed by atoms with E-state index in [9.17, 15) is 33.0 Å². The number of thiophene rings is 2. The predicted molar refractivity (Wildman–Crippen MR) is 277 cm³/mol. The molecule has 0 aliphatic heterocycles. The zero-order valence-corrected chi connectivity index (χ0v) is 42.4. The highest BCUT2D eigenvalue weighted by Gasteiger charge is 2.28. The number of carbonyl (C=O) groups excluding carboxylic acids is 1. The van der Waals surface area contributed by atoms with Crippen molar-refractivity contribution in [3.05, 3.63) is 157 Å². The third kappa shape index (κ3) is 15.8. The van der Waals surface area contributed by atoms with Gasteiger partial charge in [-0.25, -0.2) is 4.79 Å². The van der Waals surface area contributed by atoms with Gasteiger partial charge < -0.3 is 15.0 Å². The molecule has 0 amide bonds. The van der Waals surface area contributed by atoms with Gasteiger partial charge in [0.25, 0.3) is 0 Å². The lowest BCUT2D eigenvalue weighted by Gasteiger charge is -2.04. The van der Waals surface area contributed by atoms with Gasteiger partial charge in [-0.15, -0.1) is 24.0 Å². The average Bonchev–Trinajstić information content (AvgIpc) is 3.83. The van der Waals surface area contributed by atoms with Crippen molar-refractivity contribution in [2.24, 2.45) is 0 Å². The minimum Gasteiger partial charge on any atom is -0.545 e. The van der Waals surface area contributed by atoms with Gasteiger partial charge in [-0.1, -0.05) is 156 Å². The van der Waals surface area contributed by atoms with Crippen LogP contribution in [0.1, 0.15) is 111 Å². The van der Waals surface area contributed by atoms with Crippen LogP contribution in [0.3, 0.4) is 0 Å². The monoisotopic (exact) mass is 1000 g/mol. The lowest BCUT2D eigenvalue weighted by molar-refractivity contribution is -0.254. The van der Waals surface area contributed by atoms with Crippen LogP contribution in [0, 0.1) is 0 Å². The van der Waals surface area contributed by atoms with E-state index in [1.807, 2.05) is 156 Å². The molecule has 0 aliphatic rings. The standard InChI is InChI=1S/2C19H12O2S.C2H3F3.6C2H6.HI/c2*20-19(21)15-9-3-6-12-18(15)22-16-10-4-1-7-13(16)14-8-2-5-11-17(14)22;1-2(3,4)5;6*1-2;/h2*1-12H;1H3;6*1-2H3;1H/p+1. The maximum atomic E-state index is 11.6. The second kappa shape index (κ2) is 32.0. The van der Waals surface area contributed by atoms with E-state index in [2.05, 4.69) is 48.5 Å². The number of benzene rings is 6. The van der Waals surface area contributed by atoms with Crippen molar-refractivity contribution in [2.75, 3.05) is 0 Å². The Morgan fingerprint density at radius 3 is 0.903 bits per heavy atom. The molecule has 2 aromatic heterocycles. The van der Waals surface area contributed by atoms with Gasteiger partial charge in [-0.2, -0.15) is 13.2 Å². The van der Waals surface area contributed by atoms with Gasteiger partial charge in [-0.05, 0) is 72.8 Å². The molecule has 0 fully saturated rings. The largest absolute Gasteiger partial charge is 0.545 e. The maximum Gasteiger partial charge on any atom is 0.386 e. The van der Waals surface area contributed by atoms with E-state index < -0.39 is 28.6 Å². The number of rotatable bonds is 4. The molecule has 1 N–H and O–H groups in total. The normalized spacial score (nSPS) is 9.42. The number of hydrogen-bond acceptors (Lipinski definition) is 3. The molecule has 0 bridgehead atoms. The van der Waals surface area contributed by atoms with E-state index >= 15 is 0 Å². The number of alkyl halides is 3. The molecular weight excluding hydrogens is 937 g/mol. The second-order valence-electron chi connectivity index (χ2n) is 11.0. The zero-order valence-electron chi connectivity index (χ0n) is 38.4. The van der Waals surface area contributed by atoms with Crippen molar-refractivity contribution < 1.29 is 33.0 Å². The molecule has 0 aliphatic carbocycles. The molecule has 0 spiro atoms. The first-order valence-electron chi connectivity index (χ1n) is 21.1. The quantitative estimate of drug-likeness (QED) is 0.141. The van der Waals surface area contributed by atoms with Gasteiger partial charge in [0.2, 0.25) is 0 Å². The SMILES string of the molecule is CC.CC.CC.CC.CC.CC.CC(F)(F)F.I.O=C(O)c1ccccc1-[s+]1c2ccccc2c2ccccc21.O=C([O-])c1ccccc1-[s+]1c2ccccc2c2ccccc21. The summed E-state index contributed by atoms with van der Waals surface area (Å²) in [6, 6.07) is 47.5. The summed E-state index contributed by atoms with van der Waals surface area (Å²) in [6.07, 6.45) is -4.00. The average molecular weight is 1000 g/mol. The molecule has 6 aromatic carbocycles. The predicted octanol–water partition coefficient (Wildman–Crippen LogP) is 17.9. The van der Waals surface area contributed by atoms with Gasteiger partial charge in [-0.3, -0.25) is 0 Å². The molecular formula is C52H65F3IO4S2+. The number of carboxylic acids is 2. The van der Waals surface area contributed by atoms with E-state index in [-0.39, 0.29) is 46.9 Å². The molecule has 0 atom stereocenters. The fourth-order valence-electron chi connectivity index (χ4n) is 5.81. The van der Waals surface area contributed by atoms with Crippen LogP contribution in [-0.2, 0) is 0 Å². The summed E-state index contributed by atoms with van der Waals surface area (Å²) in [5, 5.41) is 25.8. The van der Waals surface area contributed by atoms with Gasteiger partial charge in [0.05, 0.1) is 11.5 Å². The smallest absolute Gasteiger partial charge is 0.386 e. The summed E-state index contributed by atoms with van der Waals surface area (Å²) in [5.41, 5.74) is 0.662. The molecule has 0 saturated heterocycles. The Morgan fingerprint density at radius 1 is 0.435 bits per heavy atom. The van der Waals surface area contributed by atoms with Crippen molar-refractivity contribution in [2.45, 2.75) is 96.2 Å². The van der Waals surface area contributed by atoms with E-state index in [0.717, 1.165) is 9.79 Å². The van der Waals surface area contributed by atoms with Crippen LogP contribution in [-0.4, -0.2) is 23.2 Å². The lowest BCUT2D eigenvalue weighted by atomic mass is 10.2. The molecule has 8 aromatic rings. The van der Waals surface area contributed by atoms with Crippen LogP contribution < -0.4 is 5.11 Å². The topological polar surface area (TPSA) is 77.4 Å². The summed E-state index contributed by atoms with van der Waals surface area (Å²) in [6.45, 7) is 24.2. The Hall–Kier alpha value is -4.78. The first-order chi connectivity index (χ1) is 29.5. The molecule has 10 heteroatoms. The number of halogens is 4. The van der Waals surface area contributed by atoms with Gasteiger partial charge >= 0.3 is 12.1 Å². The number of fused-ring (bicyclic) bond motifs is 6. The Balaban J connectivity index is 0. The lowest BCUT2D eigenvalue weighted by Crippen LogP contribution is -2.22. The number of carbonyl (C=O) groups is 2. The number of hydrogen-bond donors (Lipinski definition) is 1. The van der Waals surface area contributed by atoms with Gasteiger partial charge in [0, 0.05) is 49.4 Å². The van der Waals surface area contributed by atoms with Crippen molar-refractivity contribution in [1.29, 1.82) is 0 Å². The minimum atomic E-state index is -4.00. The number of carboxylic acid groups (broad SMARTS) is 2. The fraction of sp³-hybridized carbons (Fsp3) is 0.269. The molecule has 62 heavy (non-hydrogen) atoms. The third-order valence-electron chi connectivity index (χ3n) is 7.67. The van der Waals surface area contributed by atoms with Crippen LogP contribution >= 0.6 is 44.9 Å². The van der Waals surface area contributed by atoms with Crippen molar-refractivity contribution in [3.8, 4) is 9.79 Å². The van der Waals surface area contributed by atoms with Crippen LogP contribution in [0.4, 0.5) is 13.2 Å². The Labute approximate surface area is 390 Å². The number of aromatic carboxylic acids is 2. The van der Waals surface area contributed by atoms with Crippen molar-refractivity contribution in [3.63, 3.8) is 0 Å². The van der Waals surface area contributed by atoms with E-state index in [1.54, 1.807) is 24.3 Å². The van der Waals surface area contributed by atoms with Crippen LogP contribution in [0.25, 0.3) is 50.1 Å². The highest BCUT2D eigenvalue weighted by atomic mass is 127. The molecule has 336 valence electrons. The summed E-state index contributed by atoms with van der Waals surface area (Å²) in [4.78, 5) is 24.8. The summed E-state index contributed by atoms with van der Waals surface area (Å²) in [5.74, 6) is -1.99. The third-order valence-corrected chi connectivity index (χ3v) is 12.4. The molecule has 0 radical (unpaired) electrons. The van der Waals surface area contributed by atoms with Gasteiger partial charge in [0.1, 0.15) is 5.56 Å². The van der Waals surface area contributed by atoms with E-state index in [0.29, 0.717) is 5.56 Å². The van der Waals surface area contributed by atoms with Crippen LogP contribution in [0.2, 0.25) is 0 Å². The highest BCUT2D eigenvalue weighted by molar-refractivity contribution is 14.0. The molecule has 4 nitrogen and oxygen atoms in total. The van der Waals surface area contributed by atoms with E-state index in [1.165, 1.54) is 40.3 Å². The van der Waals surface area contributed by atoms with E-state index in [4.69, 9.17) is 0 Å². The van der Waals surface area contributed by atoms with Crippen LogP contribution in [0.5, 0.6) is 0 Å². The maximum absolute atomic E-state index is 11.6. The molecule has 2 heterocycles. The summed E-state index contributed by atoms with van der Waals surface area (Å²) < 4.78 is 35.8. The Bertz CT molecular complexity index is 2210. The Morgan fingerprint density at radius 2 is 0.645 bits per heavy atom. The second-order valence-corrected chi connectivity index (χ2v) is 14.8.